The number of rotatable bonds is 6. The Bertz CT molecular complexity index is 419. The zero-order valence-electron chi connectivity index (χ0n) is 11.4. The van der Waals surface area contributed by atoms with Crippen molar-refractivity contribution < 1.29 is 9.90 Å². The van der Waals surface area contributed by atoms with Gasteiger partial charge in [-0.25, -0.2) is 4.98 Å². The minimum atomic E-state index is -0.763. The first-order chi connectivity index (χ1) is 9.19. The molecule has 0 spiro atoms. The molecule has 1 saturated carbocycles. The number of aryl methyl sites for hydroxylation is 1. The van der Waals surface area contributed by atoms with E-state index in [4.69, 9.17) is 5.11 Å². The van der Waals surface area contributed by atoms with Crippen LogP contribution in [-0.2, 0) is 11.2 Å². The van der Waals surface area contributed by atoms with E-state index < -0.39 is 5.97 Å². The van der Waals surface area contributed by atoms with Crippen LogP contribution in [0.2, 0.25) is 0 Å². The fourth-order valence-electron chi connectivity index (χ4n) is 2.77. The minimum Gasteiger partial charge on any atom is -0.481 e. The largest absolute Gasteiger partial charge is 0.481 e. The van der Waals surface area contributed by atoms with Crippen molar-refractivity contribution in [1.29, 1.82) is 0 Å². The van der Waals surface area contributed by atoms with Crippen LogP contribution >= 0.6 is 11.3 Å². The van der Waals surface area contributed by atoms with Crippen LogP contribution in [0, 0.1) is 5.92 Å². The van der Waals surface area contributed by atoms with Gasteiger partial charge in [0.1, 0.15) is 0 Å². The van der Waals surface area contributed by atoms with Crippen LogP contribution in [0.1, 0.15) is 51.1 Å². The lowest BCUT2D eigenvalue weighted by Crippen LogP contribution is -2.31. The molecule has 2 atom stereocenters. The highest BCUT2D eigenvalue weighted by Gasteiger charge is 2.24. The van der Waals surface area contributed by atoms with Gasteiger partial charge in [0, 0.05) is 17.8 Å². The number of hydrogen-bond acceptors (Lipinski definition) is 4. The maximum atomic E-state index is 10.5. The smallest absolute Gasteiger partial charge is 0.303 e. The van der Waals surface area contributed by atoms with Crippen LogP contribution in [0.4, 0.5) is 5.13 Å². The number of nitrogens with zero attached hydrogens (tertiary/aromatic N) is 1. The van der Waals surface area contributed by atoms with Crippen molar-refractivity contribution in [1.82, 2.24) is 4.98 Å². The third-order valence-electron chi connectivity index (χ3n) is 3.89. The first-order valence-electron chi connectivity index (χ1n) is 7.11. The quantitative estimate of drug-likeness (QED) is 0.837. The molecule has 1 aliphatic rings. The summed E-state index contributed by atoms with van der Waals surface area (Å²) in [5, 5.41) is 15.1. The van der Waals surface area contributed by atoms with E-state index in [1.165, 1.54) is 32.1 Å². The molecule has 1 heterocycles. The van der Waals surface area contributed by atoms with Crippen LogP contribution in [0.15, 0.2) is 5.38 Å². The van der Waals surface area contributed by atoms with Crippen molar-refractivity contribution in [2.24, 2.45) is 5.92 Å². The van der Waals surface area contributed by atoms with Gasteiger partial charge in [-0.2, -0.15) is 0 Å². The molecular formula is C14H22N2O2S. The van der Waals surface area contributed by atoms with Gasteiger partial charge < -0.3 is 10.4 Å². The Morgan fingerprint density at radius 3 is 3.05 bits per heavy atom. The van der Waals surface area contributed by atoms with Crippen LogP contribution in [0.5, 0.6) is 0 Å². The van der Waals surface area contributed by atoms with Gasteiger partial charge in [0.15, 0.2) is 5.13 Å². The van der Waals surface area contributed by atoms with E-state index >= 15 is 0 Å². The number of carboxylic acid groups (broad SMARTS) is 1. The number of aromatic nitrogens is 1. The monoisotopic (exact) mass is 282 g/mol. The number of carbonyl (C=O) groups is 1. The number of anilines is 1. The summed E-state index contributed by atoms with van der Waals surface area (Å²) in [4.78, 5) is 15.0. The standard InChI is InChI=1S/C14H22N2O2S/c1-2-10-5-3-4-6-12(10)16-14-15-11(9-19-14)7-8-13(17)18/h9-10,12H,2-8H2,1H3,(H,15,16)(H,17,18). The summed E-state index contributed by atoms with van der Waals surface area (Å²) in [6, 6.07) is 0.539. The topological polar surface area (TPSA) is 62.2 Å². The Morgan fingerprint density at radius 1 is 1.53 bits per heavy atom. The molecule has 1 aliphatic carbocycles. The van der Waals surface area contributed by atoms with Crippen molar-refractivity contribution in [2.45, 2.75) is 57.9 Å². The fourth-order valence-corrected chi connectivity index (χ4v) is 3.58. The number of thiazole rings is 1. The van der Waals surface area contributed by atoms with Gasteiger partial charge in [0.05, 0.1) is 12.1 Å². The number of carboxylic acids is 1. The second-order valence-corrected chi connectivity index (χ2v) is 6.10. The minimum absolute atomic E-state index is 0.157. The molecule has 4 nitrogen and oxygen atoms in total. The molecule has 1 aromatic rings. The van der Waals surface area contributed by atoms with Crippen LogP contribution in [0.25, 0.3) is 0 Å². The molecule has 0 bridgehead atoms. The Morgan fingerprint density at radius 2 is 2.32 bits per heavy atom. The highest BCUT2D eigenvalue weighted by Crippen LogP contribution is 2.30. The molecule has 19 heavy (non-hydrogen) atoms. The maximum Gasteiger partial charge on any atom is 0.303 e. The second-order valence-electron chi connectivity index (χ2n) is 5.24. The molecule has 0 amide bonds. The molecule has 0 aliphatic heterocycles. The molecule has 2 unspecified atom stereocenters. The fraction of sp³-hybridized carbons (Fsp3) is 0.714. The van der Waals surface area contributed by atoms with Gasteiger partial charge in [-0.3, -0.25) is 4.79 Å². The number of hydrogen-bond donors (Lipinski definition) is 2. The summed E-state index contributed by atoms with van der Waals surface area (Å²) in [6.07, 6.45) is 7.08. The first-order valence-corrected chi connectivity index (χ1v) is 7.99. The summed E-state index contributed by atoms with van der Waals surface area (Å²) in [6.45, 7) is 2.25. The van der Waals surface area contributed by atoms with Crippen molar-refractivity contribution in [2.75, 3.05) is 5.32 Å². The summed E-state index contributed by atoms with van der Waals surface area (Å²) in [5.74, 6) is -0.0130. The SMILES string of the molecule is CCC1CCCCC1Nc1nc(CCC(=O)O)cs1. The third-order valence-corrected chi connectivity index (χ3v) is 4.71. The van der Waals surface area contributed by atoms with E-state index in [1.807, 2.05) is 5.38 Å². The molecule has 1 aromatic heterocycles. The normalized spacial score (nSPS) is 23.2. The molecule has 0 radical (unpaired) electrons. The molecular weight excluding hydrogens is 260 g/mol. The maximum absolute atomic E-state index is 10.5. The summed E-state index contributed by atoms with van der Waals surface area (Å²) >= 11 is 1.59. The van der Waals surface area contributed by atoms with Crippen molar-refractivity contribution in [3.8, 4) is 0 Å². The van der Waals surface area contributed by atoms with E-state index in [2.05, 4.69) is 17.2 Å². The lowest BCUT2D eigenvalue weighted by Gasteiger charge is -2.31. The van der Waals surface area contributed by atoms with Gasteiger partial charge in [0.2, 0.25) is 0 Å². The molecule has 106 valence electrons. The summed E-state index contributed by atoms with van der Waals surface area (Å²) in [5.41, 5.74) is 0.888. The highest BCUT2D eigenvalue weighted by atomic mass is 32.1. The lowest BCUT2D eigenvalue weighted by atomic mass is 9.83. The van der Waals surface area contributed by atoms with Gasteiger partial charge >= 0.3 is 5.97 Å². The Kier molecular flexibility index (Phi) is 5.19. The summed E-state index contributed by atoms with van der Waals surface area (Å²) in [7, 11) is 0. The molecule has 2 N–H and O–H groups in total. The molecule has 0 saturated heterocycles. The molecule has 2 rings (SSSR count). The van der Waals surface area contributed by atoms with Crippen LogP contribution in [0.3, 0.4) is 0 Å². The van der Waals surface area contributed by atoms with Gasteiger partial charge in [-0.1, -0.05) is 26.2 Å². The van der Waals surface area contributed by atoms with Crippen LogP contribution in [-0.4, -0.2) is 22.1 Å². The highest BCUT2D eigenvalue weighted by molar-refractivity contribution is 7.13. The Hall–Kier alpha value is -1.10. The first kappa shape index (κ1) is 14.3. The lowest BCUT2D eigenvalue weighted by molar-refractivity contribution is -0.136. The van der Waals surface area contributed by atoms with Gasteiger partial charge in [-0.05, 0) is 18.8 Å². The van der Waals surface area contributed by atoms with E-state index in [-0.39, 0.29) is 6.42 Å². The average Bonchev–Trinajstić information content (AvgIpc) is 2.85. The average molecular weight is 282 g/mol. The Balaban J connectivity index is 1.89. The van der Waals surface area contributed by atoms with Crippen molar-refractivity contribution in [3.05, 3.63) is 11.1 Å². The van der Waals surface area contributed by atoms with E-state index in [1.54, 1.807) is 11.3 Å². The number of aliphatic carboxylic acids is 1. The van der Waals surface area contributed by atoms with Crippen molar-refractivity contribution in [3.63, 3.8) is 0 Å². The molecule has 1 fully saturated rings. The van der Waals surface area contributed by atoms with E-state index in [0.29, 0.717) is 12.5 Å². The zero-order chi connectivity index (χ0) is 13.7. The van der Waals surface area contributed by atoms with Crippen LogP contribution < -0.4 is 5.32 Å². The van der Waals surface area contributed by atoms with Gasteiger partial charge in [0.25, 0.3) is 0 Å². The molecule has 5 heteroatoms. The van der Waals surface area contributed by atoms with E-state index in [9.17, 15) is 4.79 Å². The zero-order valence-corrected chi connectivity index (χ0v) is 12.2. The Labute approximate surface area is 118 Å². The molecule has 0 aromatic carbocycles. The van der Waals surface area contributed by atoms with E-state index in [0.717, 1.165) is 16.7 Å². The summed E-state index contributed by atoms with van der Waals surface area (Å²) < 4.78 is 0. The second kappa shape index (κ2) is 6.89. The number of nitrogens with one attached hydrogen (secondary N) is 1. The predicted molar refractivity (Wildman–Crippen MR) is 77.7 cm³/mol. The van der Waals surface area contributed by atoms with Crippen molar-refractivity contribution >= 4 is 22.4 Å². The predicted octanol–water partition coefficient (Wildman–Crippen LogP) is 3.54. The third kappa shape index (κ3) is 4.20. The van der Waals surface area contributed by atoms with Gasteiger partial charge in [-0.15, -0.1) is 11.3 Å².